The van der Waals surface area contributed by atoms with Crippen molar-refractivity contribution in [1.82, 2.24) is 25.2 Å². The Balaban J connectivity index is 1.56. The molecule has 4 rings (SSSR count). The van der Waals surface area contributed by atoms with Crippen molar-refractivity contribution in [3.63, 3.8) is 0 Å². The first-order chi connectivity index (χ1) is 12.0. The number of nitrogens with zero attached hydrogens (tertiary/aromatic N) is 4. The second kappa shape index (κ2) is 5.73. The number of ether oxygens (including phenoxy) is 1. The normalized spacial score (nSPS) is 15.7. The van der Waals surface area contributed by atoms with Gasteiger partial charge in [0.15, 0.2) is 5.82 Å². The van der Waals surface area contributed by atoms with Crippen molar-refractivity contribution in [2.24, 2.45) is 7.05 Å². The summed E-state index contributed by atoms with van der Waals surface area (Å²) in [5, 5.41) is 10.9. The third-order valence-electron chi connectivity index (χ3n) is 4.35. The molecule has 1 amide bonds. The van der Waals surface area contributed by atoms with Gasteiger partial charge in [0.2, 0.25) is 0 Å². The van der Waals surface area contributed by atoms with Crippen molar-refractivity contribution in [3.05, 3.63) is 47.0 Å². The highest BCUT2D eigenvalue weighted by molar-refractivity contribution is 5.95. The summed E-state index contributed by atoms with van der Waals surface area (Å²) < 4.78 is 12.6. The molecule has 0 radical (unpaired) electrons. The Morgan fingerprint density at radius 2 is 2.20 bits per heavy atom. The predicted octanol–water partition coefficient (Wildman–Crippen LogP) is 1.95. The molecule has 0 fully saturated rings. The second-order valence-corrected chi connectivity index (χ2v) is 6.00. The molecule has 1 aromatic carbocycles. The van der Waals surface area contributed by atoms with Crippen molar-refractivity contribution in [2.45, 2.75) is 19.9 Å². The molecule has 128 valence electrons. The van der Waals surface area contributed by atoms with E-state index >= 15 is 0 Å². The molecule has 1 aliphatic heterocycles. The number of rotatable bonds is 3. The molecule has 0 bridgehead atoms. The van der Waals surface area contributed by atoms with Gasteiger partial charge in [0.1, 0.15) is 12.4 Å². The standard InChI is InChI=1S/C17H17N5O3/c1-9-13(7-18-22(9)3)16(23)20-14-8-24-15-6-11(4-5-12(14)15)17-19-10(2)21-25-17/h4-7,14H,8H2,1-3H3,(H,20,23). The summed E-state index contributed by atoms with van der Waals surface area (Å²) in [6.07, 6.45) is 1.57. The van der Waals surface area contributed by atoms with E-state index in [0.29, 0.717) is 29.6 Å². The lowest BCUT2D eigenvalue weighted by Gasteiger charge is -2.11. The van der Waals surface area contributed by atoms with Gasteiger partial charge in [-0.05, 0) is 26.0 Å². The monoisotopic (exact) mass is 339 g/mol. The Morgan fingerprint density at radius 3 is 2.88 bits per heavy atom. The van der Waals surface area contributed by atoms with Gasteiger partial charge in [0, 0.05) is 23.9 Å². The van der Waals surface area contributed by atoms with Crippen LogP contribution in [0.2, 0.25) is 0 Å². The van der Waals surface area contributed by atoms with Gasteiger partial charge >= 0.3 is 0 Å². The first-order valence-electron chi connectivity index (χ1n) is 7.90. The zero-order chi connectivity index (χ0) is 17.6. The van der Waals surface area contributed by atoms with Crippen LogP contribution >= 0.6 is 0 Å². The maximum atomic E-state index is 12.5. The van der Waals surface area contributed by atoms with E-state index in [0.717, 1.165) is 16.8 Å². The highest BCUT2D eigenvalue weighted by Crippen LogP contribution is 2.35. The summed E-state index contributed by atoms with van der Waals surface area (Å²) in [6, 6.07) is 5.44. The quantitative estimate of drug-likeness (QED) is 0.784. The molecule has 8 heteroatoms. The van der Waals surface area contributed by atoms with Gasteiger partial charge in [-0.25, -0.2) is 0 Å². The second-order valence-electron chi connectivity index (χ2n) is 6.00. The number of aromatic nitrogens is 4. The topological polar surface area (TPSA) is 95.1 Å². The minimum absolute atomic E-state index is 0.163. The fourth-order valence-electron chi connectivity index (χ4n) is 2.83. The summed E-state index contributed by atoms with van der Waals surface area (Å²) in [4.78, 5) is 16.7. The number of carbonyl (C=O) groups is 1. The SMILES string of the molecule is Cc1noc(-c2ccc3c(c2)OCC3NC(=O)c2cnn(C)c2C)n1. The van der Waals surface area contributed by atoms with Gasteiger partial charge < -0.3 is 14.6 Å². The first-order valence-corrected chi connectivity index (χ1v) is 7.90. The number of nitrogens with one attached hydrogen (secondary N) is 1. The zero-order valence-electron chi connectivity index (χ0n) is 14.1. The van der Waals surface area contributed by atoms with Crippen LogP contribution in [-0.4, -0.2) is 32.4 Å². The predicted molar refractivity (Wildman–Crippen MR) is 88.1 cm³/mol. The number of hydrogen-bond donors (Lipinski definition) is 1. The third kappa shape index (κ3) is 2.65. The van der Waals surface area contributed by atoms with E-state index in [4.69, 9.17) is 9.26 Å². The van der Waals surface area contributed by atoms with Gasteiger partial charge in [-0.2, -0.15) is 10.1 Å². The lowest BCUT2D eigenvalue weighted by Crippen LogP contribution is -2.29. The van der Waals surface area contributed by atoms with E-state index in [9.17, 15) is 4.79 Å². The largest absolute Gasteiger partial charge is 0.491 e. The number of fused-ring (bicyclic) bond motifs is 1. The smallest absolute Gasteiger partial charge is 0.258 e. The van der Waals surface area contributed by atoms with Crippen LogP contribution in [0.1, 0.15) is 33.5 Å². The minimum atomic E-state index is -0.208. The number of benzene rings is 1. The molecule has 1 N–H and O–H groups in total. The maximum absolute atomic E-state index is 12.5. The Bertz CT molecular complexity index is 959. The molecule has 0 saturated carbocycles. The van der Waals surface area contributed by atoms with Crippen molar-refractivity contribution in [1.29, 1.82) is 0 Å². The Kier molecular flexibility index (Phi) is 3.52. The van der Waals surface area contributed by atoms with Gasteiger partial charge in [0.25, 0.3) is 11.8 Å². The molecule has 1 atom stereocenters. The molecule has 3 aromatic rings. The molecule has 0 aliphatic carbocycles. The van der Waals surface area contributed by atoms with Crippen molar-refractivity contribution in [2.75, 3.05) is 6.61 Å². The molecular weight excluding hydrogens is 322 g/mol. The number of amides is 1. The molecule has 3 heterocycles. The van der Waals surface area contributed by atoms with Gasteiger partial charge in [-0.1, -0.05) is 11.2 Å². The zero-order valence-corrected chi connectivity index (χ0v) is 14.1. The Labute approximate surface area is 143 Å². The fraction of sp³-hybridized carbons (Fsp3) is 0.294. The fourth-order valence-corrected chi connectivity index (χ4v) is 2.83. The van der Waals surface area contributed by atoms with Crippen LogP contribution in [0.3, 0.4) is 0 Å². The van der Waals surface area contributed by atoms with Crippen LogP contribution in [0.25, 0.3) is 11.5 Å². The van der Waals surface area contributed by atoms with Crippen LogP contribution in [0.5, 0.6) is 5.75 Å². The van der Waals surface area contributed by atoms with Gasteiger partial charge in [-0.15, -0.1) is 0 Å². The average molecular weight is 339 g/mol. The van der Waals surface area contributed by atoms with E-state index in [-0.39, 0.29) is 11.9 Å². The van der Waals surface area contributed by atoms with Crippen LogP contribution in [0.15, 0.2) is 28.9 Å². The lowest BCUT2D eigenvalue weighted by molar-refractivity contribution is 0.0929. The van der Waals surface area contributed by atoms with E-state index in [1.807, 2.05) is 25.1 Å². The lowest BCUT2D eigenvalue weighted by atomic mass is 10.1. The number of aryl methyl sites for hydroxylation is 2. The van der Waals surface area contributed by atoms with E-state index in [2.05, 4.69) is 20.6 Å². The summed E-state index contributed by atoms with van der Waals surface area (Å²) in [5.74, 6) is 1.57. The highest BCUT2D eigenvalue weighted by Gasteiger charge is 2.27. The average Bonchev–Trinajstić information content (AvgIpc) is 3.28. The van der Waals surface area contributed by atoms with E-state index < -0.39 is 0 Å². The minimum Gasteiger partial charge on any atom is -0.491 e. The molecule has 1 aliphatic rings. The Hall–Kier alpha value is -3.16. The summed E-state index contributed by atoms with van der Waals surface area (Å²) in [6.45, 7) is 4.01. The number of hydrogen-bond acceptors (Lipinski definition) is 6. The van der Waals surface area contributed by atoms with Gasteiger partial charge in [-0.3, -0.25) is 9.48 Å². The van der Waals surface area contributed by atoms with Crippen molar-refractivity contribution < 1.29 is 14.1 Å². The molecule has 1 unspecified atom stereocenters. The maximum Gasteiger partial charge on any atom is 0.258 e. The van der Waals surface area contributed by atoms with Gasteiger partial charge in [0.05, 0.1) is 17.8 Å². The molecule has 0 saturated heterocycles. The van der Waals surface area contributed by atoms with Crippen LogP contribution in [-0.2, 0) is 7.05 Å². The summed E-state index contributed by atoms with van der Waals surface area (Å²) >= 11 is 0. The highest BCUT2D eigenvalue weighted by atomic mass is 16.5. The molecule has 8 nitrogen and oxygen atoms in total. The first kappa shape index (κ1) is 15.4. The Morgan fingerprint density at radius 1 is 1.36 bits per heavy atom. The van der Waals surface area contributed by atoms with Crippen LogP contribution in [0.4, 0.5) is 0 Å². The number of carbonyl (C=O) groups excluding carboxylic acids is 1. The summed E-state index contributed by atoms with van der Waals surface area (Å²) in [5.41, 5.74) is 3.09. The summed E-state index contributed by atoms with van der Waals surface area (Å²) in [7, 11) is 1.81. The third-order valence-corrected chi connectivity index (χ3v) is 4.35. The molecule has 2 aromatic heterocycles. The van der Waals surface area contributed by atoms with E-state index in [1.54, 1.807) is 24.9 Å². The van der Waals surface area contributed by atoms with Crippen molar-refractivity contribution in [3.8, 4) is 17.2 Å². The van der Waals surface area contributed by atoms with Crippen molar-refractivity contribution >= 4 is 5.91 Å². The van der Waals surface area contributed by atoms with E-state index in [1.165, 1.54) is 0 Å². The van der Waals surface area contributed by atoms with Crippen LogP contribution in [0, 0.1) is 13.8 Å². The molecule has 0 spiro atoms. The molecule has 25 heavy (non-hydrogen) atoms. The van der Waals surface area contributed by atoms with Crippen LogP contribution < -0.4 is 10.1 Å². The molecular formula is C17H17N5O3.